The van der Waals surface area contributed by atoms with Crippen LogP contribution >= 0.6 is 0 Å². The van der Waals surface area contributed by atoms with E-state index < -0.39 is 0 Å². The molecule has 3 heteroatoms. The number of nitrogens with one attached hydrogen (secondary N) is 1. The van der Waals surface area contributed by atoms with E-state index >= 15 is 0 Å². The zero-order valence-electron chi connectivity index (χ0n) is 11.8. The second-order valence-corrected chi connectivity index (χ2v) is 4.82. The molecule has 20 heavy (non-hydrogen) atoms. The highest BCUT2D eigenvalue weighted by atomic mass is 16.1. The maximum absolute atomic E-state index is 11.5. The van der Waals surface area contributed by atoms with Crippen molar-refractivity contribution in [2.75, 3.05) is 6.54 Å². The van der Waals surface area contributed by atoms with Gasteiger partial charge in [0.1, 0.15) is 0 Å². The van der Waals surface area contributed by atoms with Crippen LogP contribution in [0.4, 0.5) is 0 Å². The van der Waals surface area contributed by atoms with Crippen molar-refractivity contribution in [3.8, 4) is 0 Å². The van der Waals surface area contributed by atoms with Crippen LogP contribution in [0.2, 0.25) is 0 Å². The molecule has 1 aromatic heterocycles. The standard InChI is InChI=1S/C17H20N2O/c1-2-17(20)19-13-16(15-6-4-3-5-7-15)12-14-8-10-18-11-9-14/h3-11,16H,2,12-13H2,1H3,(H,19,20). The number of rotatable bonds is 6. The predicted octanol–water partition coefficient (Wildman–Crippen LogP) is 2.93. The summed E-state index contributed by atoms with van der Waals surface area (Å²) in [6, 6.07) is 14.4. The molecule has 0 saturated carbocycles. The zero-order chi connectivity index (χ0) is 14.2. The maximum atomic E-state index is 11.5. The van der Waals surface area contributed by atoms with E-state index in [1.54, 1.807) is 0 Å². The average Bonchev–Trinajstić information content (AvgIpc) is 2.53. The number of carbonyl (C=O) groups is 1. The molecule has 0 bridgehead atoms. The van der Waals surface area contributed by atoms with Gasteiger partial charge in [0.25, 0.3) is 0 Å². The molecule has 1 heterocycles. The topological polar surface area (TPSA) is 42.0 Å². The molecule has 1 aromatic carbocycles. The molecule has 0 aliphatic heterocycles. The van der Waals surface area contributed by atoms with Gasteiger partial charge in [0.15, 0.2) is 0 Å². The third kappa shape index (κ3) is 4.19. The molecule has 2 rings (SSSR count). The second kappa shape index (κ2) is 7.43. The molecular weight excluding hydrogens is 248 g/mol. The summed E-state index contributed by atoms with van der Waals surface area (Å²) >= 11 is 0. The van der Waals surface area contributed by atoms with Gasteiger partial charge in [-0.25, -0.2) is 0 Å². The summed E-state index contributed by atoms with van der Waals surface area (Å²) in [4.78, 5) is 15.5. The van der Waals surface area contributed by atoms with Gasteiger partial charge in [0.2, 0.25) is 5.91 Å². The SMILES string of the molecule is CCC(=O)NCC(Cc1ccncc1)c1ccccc1. The average molecular weight is 268 g/mol. The largest absolute Gasteiger partial charge is 0.355 e. The third-order valence-corrected chi connectivity index (χ3v) is 3.37. The zero-order valence-corrected chi connectivity index (χ0v) is 11.8. The highest BCUT2D eigenvalue weighted by Crippen LogP contribution is 2.20. The van der Waals surface area contributed by atoms with Crippen LogP contribution in [0, 0.1) is 0 Å². The molecule has 3 nitrogen and oxygen atoms in total. The number of hydrogen-bond donors (Lipinski definition) is 1. The molecule has 1 unspecified atom stereocenters. The van der Waals surface area contributed by atoms with Crippen molar-refractivity contribution in [1.29, 1.82) is 0 Å². The number of pyridine rings is 1. The summed E-state index contributed by atoms with van der Waals surface area (Å²) in [5, 5.41) is 3.00. The minimum atomic E-state index is 0.0978. The molecule has 1 amide bonds. The Kier molecular flexibility index (Phi) is 5.30. The normalized spacial score (nSPS) is 11.8. The van der Waals surface area contributed by atoms with E-state index in [4.69, 9.17) is 0 Å². The van der Waals surface area contributed by atoms with E-state index in [2.05, 4.69) is 22.4 Å². The van der Waals surface area contributed by atoms with E-state index in [0.717, 1.165) is 6.42 Å². The number of amides is 1. The first-order chi connectivity index (χ1) is 9.79. The number of benzene rings is 1. The van der Waals surface area contributed by atoms with Gasteiger partial charge in [-0.15, -0.1) is 0 Å². The lowest BCUT2D eigenvalue weighted by molar-refractivity contribution is -0.120. The lowest BCUT2D eigenvalue weighted by Gasteiger charge is -2.18. The Hall–Kier alpha value is -2.16. The Morgan fingerprint density at radius 1 is 1.15 bits per heavy atom. The Labute approximate surface area is 120 Å². The molecule has 0 aliphatic rings. The number of carbonyl (C=O) groups excluding carboxylic acids is 1. The first-order valence-corrected chi connectivity index (χ1v) is 7.00. The third-order valence-electron chi connectivity index (χ3n) is 3.37. The van der Waals surface area contributed by atoms with Crippen LogP contribution in [0.3, 0.4) is 0 Å². The fourth-order valence-corrected chi connectivity index (χ4v) is 2.20. The van der Waals surface area contributed by atoms with E-state index in [1.807, 2.05) is 49.6 Å². The first-order valence-electron chi connectivity index (χ1n) is 7.00. The predicted molar refractivity (Wildman–Crippen MR) is 80.4 cm³/mol. The minimum absolute atomic E-state index is 0.0978. The molecule has 104 valence electrons. The molecule has 0 saturated heterocycles. The molecule has 1 atom stereocenters. The molecule has 2 aromatic rings. The van der Waals surface area contributed by atoms with E-state index in [1.165, 1.54) is 11.1 Å². The van der Waals surface area contributed by atoms with Crippen molar-refractivity contribution in [1.82, 2.24) is 10.3 Å². The fourth-order valence-electron chi connectivity index (χ4n) is 2.20. The van der Waals surface area contributed by atoms with Gasteiger partial charge >= 0.3 is 0 Å². The smallest absolute Gasteiger partial charge is 0.219 e. The summed E-state index contributed by atoms with van der Waals surface area (Å²) in [6.07, 6.45) is 5.04. The number of aromatic nitrogens is 1. The molecule has 0 radical (unpaired) electrons. The van der Waals surface area contributed by atoms with Gasteiger partial charge in [-0.3, -0.25) is 9.78 Å². The maximum Gasteiger partial charge on any atom is 0.219 e. The van der Waals surface area contributed by atoms with Crippen LogP contribution in [-0.2, 0) is 11.2 Å². The van der Waals surface area contributed by atoms with E-state index in [9.17, 15) is 4.79 Å². The first kappa shape index (κ1) is 14.3. The van der Waals surface area contributed by atoms with Crippen LogP contribution in [0.15, 0.2) is 54.9 Å². The van der Waals surface area contributed by atoms with E-state index in [-0.39, 0.29) is 11.8 Å². The summed E-state index contributed by atoms with van der Waals surface area (Å²) in [7, 11) is 0. The van der Waals surface area contributed by atoms with Crippen LogP contribution in [-0.4, -0.2) is 17.4 Å². The van der Waals surface area contributed by atoms with Gasteiger partial charge in [0, 0.05) is 31.3 Å². The highest BCUT2D eigenvalue weighted by molar-refractivity contribution is 5.75. The van der Waals surface area contributed by atoms with Crippen molar-refractivity contribution in [2.24, 2.45) is 0 Å². The van der Waals surface area contributed by atoms with E-state index in [0.29, 0.717) is 13.0 Å². The van der Waals surface area contributed by atoms with Gasteiger partial charge in [-0.1, -0.05) is 37.3 Å². The van der Waals surface area contributed by atoms with Crippen LogP contribution in [0.5, 0.6) is 0 Å². The fraction of sp³-hybridized carbons (Fsp3) is 0.294. The molecule has 0 aliphatic carbocycles. The van der Waals surface area contributed by atoms with Crippen LogP contribution in [0.25, 0.3) is 0 Å². The van der Waals surface area contributed by atoms with Crippen LogP contribution in [0.1, 0.15) is 30.4 Å². The van der Waals surface area contributed by atoms with Gasteiger partial charge < -0.3 is 5.32 Å². The summed E-state index contributed by atoms with van der Waals surface area (Å²) in [6.45, 7) is 2.54. The van der Waals surface area contributed by atoms with Gasteiger partial charge in [-0.2, -0.15) is 0 Å². The summed E-state index contributed by atoms with van der Waals surface area (Å²) in [5.74, 6) is 0.384. The van der Waals surface area contributed by atoms with Crippen LogP contribution < -0.4 is 5.32 Å². The number of hydrogen-bond acceptors (Lipinski definition) is 2. The minimum Gasteiger partial charge on any atom is -0.355 e. The molecule has 0 fully saturated rings. The Balaban J connectivity index is 2.10. The lowest BCUT2D eigenvalue weighted by Crippen LogP contribution is -2.28. The number of nitrogens with zero attached hydrogens (tertiary/aromatic N) is 1. The lowest BCUT2D eigenvalue weighted by atomic mass is 9.92. The molecule has 1 N–H and O–H groups in total. The second-order valence-electron chi connectivity index (χ2n) is 4.82. The monoisotopic (exact) mass is 268 g/mol. The van der Waals surface area contributed by atoms with Crippen molar-refractivity contribution < 1.29 is 4.79 Å². The Bertz CT molecular complexity index is 525. The van der Waals surface area contributed by atoms with Gasteiger partial charge in [-0.05, 0) is 29.7 Å². The quantitative estimate of drug-likeness (QED) is 0.875. The van der Waals surface area contributed by atoms with Crippen molar-refractivity contribution in [3.05, 3.63) is 66.0 Å². The van der Waals surface area contributed by atoms with Crippen molar-refractivity contribution in [2.45, 2.75) is 25.7 Å². The molecule has 0 spiro atoms. The van der Waals surface area contributed by atoms with Crippen molar-refractivity contribution in [3.63, 3.8) is 0 Å². The van der Waals surface area contributed by atoms with Crippen molar-refractivity contribution >= 4 is 5.91 Å². The summed E-state index contributed by atoms with van der Waals surface area (Å²) in [5.41, 5.74) is 2.49. The molecular formula is C17H20N2O. The Morgan fingerprint density at radius 2 is 1.85 bits per heavy atom. The summed E-state index contributed by atoms with van der Waals surface area (Å²) < 4.78 is 0. The van der Waals surface area contributed by atoms with Gasteiger partial charge in [0.05, 0.1) is 0 Å². The Morgan fingerprint density at radius 3 is 2.50 bits per heavy atom. The highest BCUT2D eigenvalue weighted by Gasteiger charge is 2.13.